The number of carbonyl (C=O) groups is 2. The first-order chi connectivity index (χ1) is 16.1. The van der Waals surface area contributed by atoms with E-state index in [0.29, 0.717) is 35.4 Å². The van der Waals surface area contributed by atoms with E-state index in [2.05, 4.69) is 20.8 Å². The zero-order chi connectivity index (χ0) is 23.2. The molecule has 0 spiro atoms. The Morgan fingerprint density at radius 2 is 1.79 bits per heavy atom. The Hall–Kier alpha value is -3.66. The molecule has 0 bridgehead atoms. The monoisotopic (exact) mass is 467 g/mol. The lowest BCUT2D eigenvalue weighted by Crippen LogP contribution is -2.45. The van der Waals surface area contributed by atoms with Crippen molar-refractivity contribution < 1.29 is 19.1 Å². The van der Waals surface area contributed by atoms with Crippen LogP contribution in [0.2, 0.25) is 0 Å². The van der Waals surface area contributed by atoms with Gasteiger partial charge in [-0.15, -0.1) is 10.2 Å². The quantitative estimate of drug-likeness (QED) is 0.538. The molecule has 3 amide bonds. The summed E-state index contributed by atoms with van der Waals surface area (Å²) in [7, 11) is 1.61. The van der Waals surface area contributed by atoms with Crippen LogP contribution >= 0.6 is 11.3 Å². The lowest BCUT2D eigenvalue weighted by Gasteiger charge is -2.23. The number of nitrogens with one attached hydrogen (secondary N) is 2. The largest absolute Gasteiger partial charge is 0.497 e. The Balaban J connectivity index is 1.37. The molecule has 172 valence electrons. The van der Waals surface area contributed by atoms with Gasteiger partial charge in [0.1, 0.15) is 22.5 Å². The number of hydrogen-bond acceptors (Lipinski definition) is 7. The summed E-state index contributed by atoms with van der Waals surface area (Å²) < 4.78 is 10.6. The summed E-state index contributed by atoms with van der Waals surface area (Å²) in [5, 5.41) is 15.0. The zero-order valence-electron chi connectivity index (χ0n) is 18.4. The highest BCUT2D eigenvalue weighted by Crippen LogP contribution is 2.29. The van der Waals surface area contributed by atoms with Crippen molar-refractivity contribution in [1.29, 1.82) is 0 Å². The number of nitrogens with zero attached hydrogens (tertiary/aromatic N) is 3. The molecule has 4 rings (SSSR count). The van der Waals surface area contributed by atoms with Crippen molar-refractivity contribution in [2.24, 2.45) is 0 Å². The van der Waals surface area contributed by atoms with Crippen LogP contribution in [-0.2, 0) is 4.79 Å². The van der Waals surface area contributed by atoms with Crippen LogP contribution in [0.4, 0.5) is 15.6 Å². The first-order valence-corrected chi connectivity index (χ1v) is 11.5. The maximum atomic E-state index is 12.9. The zero-order valence-corrected chi connectivity index (χ0v) is 19.2. The van der Waals surface area contributed by atoms with Crippen LogP contribution in [-0.4, -0.2) is 53.3 Å². The highest BCUT2D eigenvalue weighted by Gasteiger charge is 2.34. The number of hydrogen-bond donors (Lipinski definition) is 2. The van der Waals surface area contributed by atoms with Crippen molar-refractivity contribution in [3.8, 4) is 22.1 Å². The number of benzene rings is 2. The van der Waals surface area contributed by atoms with Crippen LogP contribution in [0.3, 0.4) is 0 Å². The molecule has 1 aliphatic heterocycles. The molecule has 1 fully saturated rings. The summed E-state index contributed by atoms with van der Waals surface area (Å²) >= 11 is 1.28. The van der Waals surface area contributed by atoms with Gasteiger partial charge in [-0.2, -0.15) is 0 Å². The van der Waals surface area contributed by atoms with Gasteiger partial charge in [0.15, 0.2) is 0 Å². The highest BCUT2D eigenvalue weighted by molar-refractivity contribution is 7.18. The van der Waals surface area contributed by atoms with E-state index >= 15 is 0 Å². The van der Waals surface area contributed by atoms with Gasteiger partial charge in [-0.3, -0.25) is 10.1 Å². The van der Waals surface area contributed by atoms with Gasteiger partial charge < -0.3 is 19.7 Å². The number of anilines is 2. The first-order valence-electron chi connectivity index (χ1n) is 10.7. The maximum Gasteiger partial charge on any atom is 0.322 e. The molecule has 1 aromatic heterocycles. The molecule has 0 aliphatic carbocycles. The van der Waals surface area contributed by atoms with Crippen LogP contribution in [0.1, 0.15) is 19.8 Å². The van der Waals surface area contributed by atoms with E-state index in [0.717, 1.165) is 23.5 Å². The Labute approximate surface area is 195 Å². The molecular formula is C23H25N5O4S. The summed E-state index contributed by atoms with van der Waals surface area (Å²) in [5.41, 5.74) is 1.52. The van der Waals surface area contributed by atoms with Crippen molar-refractivity contribution in [2.75, 3.05) is 30.9 Å². The normalized spacial score (nSPS) is 15.2. The Kier molecular flexibility index (Phi) is 7.04. The van der Waals surface area contributed by atoms with Gasteiger partial charge >= 0.3 is 6.03 Å². The molecule has 0 radical (unpaired) electrons. The minimum atomic E-state index is -0.568. The van der Waals surface area contributed by atoms with Gasteiger partial charge in [0.2, 0.25) is 11.0 Å². The van der Waals surface area contributed by atoms with Crippen LogP contribution in [0.25, 0.3) is 10.6 Å². The Bertz CT molecular complexity index is 1100. The maximum absolute atomic E-state index is 12.9. The number of rotatable bonds is 7. The van der Waals surface area contributed by atoms with Crippen molar-refractivity contribution in [1.82, 2.24) is 15.1 Å². The third-order valence-electron chi connectivity index (χ3n) is 5.23. The fourth-order valence-corrected chi connectivity index (χ4v) is 4.34. The second-order valence-electron chi connectivity index (χ2n) is 7.37. The number of amides is 3. The predicted octanol–water partition coefficient (Wildman–Crippen LogP) is 4.25. The van der Waals surface area contributed by atoms with Crippen LogP contribution in [0.5, 0.6) is 11.5 Å². The average Bonchev–Trinajstić information content (AvgIpc) is 3.51. The second-order valence-corrected chi connectivity index (χ2v) is 8.35. The third-order valence-corrected chi connectivity index (χ3v) is 6.11. The number of urea groups is 1. The van der Waals surface area contributed by atoms with Crippen LogP contribution < -0.4 is 20.1 Å². The Morgan fingerprint density at radius 1 is 1.06 bits per heavy atom. The van der Waals surface area contributed by atoms with E-state index in [1.54, 1.807) is 36.3 Å². The van der Waals surface area contributed by atoms with Gasteiger partial charge in [0.25, 0.3) is 0 Å². The molecule has 1 unspecified atom stereocenters. The summed E-state index contributed by atoms with van der Waals surface area (Å²) in [6.45, 7) is 3.00. The van der Waals surface area contributed by atoms with E-state index < -0.39 is 6.04 Å². The summed E-state index contributed by atoms with van der Waals surface area (Å²) in [5.74, 6) is 1.22. The van der Waals surface area contributed by atoms with Gasteiger partial charge in [0, 0.05) is 17.8 Å². The molecule has 1 saturated heterocycles. The third kappa shape index (κ3) is 5.40. The number of carbonyl (C=O) groups excluding carboxylic acids is 2. The molecule has 2 aromatic carbocycles. The van der Waals surface area contributed by atoms with Crippen molar-refractivity contribution >= 4 is 34.1 Å². The molecule has 1 aliphatic rings. The average molecular weight is 468 g/mol. The molecular weight excluding hydrogens is 442 g/mol. The molecule has 2 N–H and O–H groups in total. The number of methoxy groups -OCH3 is 1. The fraction of sp³-hybridized carbons (Fsp3) is 0.304. The topological polar surface area (TPSA) is 106 Å². The summed E-state index contributed by atoms with van der Waals surface area (Å²) in [6, 6.07) is 13.7. The van der Waals surface area contributed by atoms with Crippen molar-refractivity contribution in [2.45, 2.75) is 25.8 Å². The highest BCUT2D eigenvalue weighted by atomic mass is 32.1. The smallest absolute Gasteiger partial charge is 0.322 e. The molecule has 2 heterocycles. The standard InChI is InChI=1S/C23H25N5O4S/c1-3-32-18-12-8-16(9-13-18)24-23(30)28-14-4-5-19(28)20(29)25-22-27-26-21(33-22)15-6-10-17(31-2)11-7-15/h6-13,19H,3-5,14H2,1-2H3,(H,24,30)(H,25,27,29). The molecule has 10 heteroatoms. The number of likely N-dealkylation sites (tertiary alicyclic amines) is 1. The van der Waals surface area contributed by atoms with Crippen LogP contribution in [0.15, 0.2) is 48.5 Å². The predicted molar refractivity (Wildman–Crippen MR) is 127 cm³/mol. The van der Waals surface area contributed by atoms with E-state index in [1.807, 2.05) is 31.2 Å². The second kappa shape index (κ2) is 10.3. The van der Waals surface area contributed by atoms with Gasteiger partial charge in [0.05, 0.1) is 13.7 Å². The van der Waals surface area contributed by atoms with Gasteiger partial charge in [-0.05, 0) is 68.3 Å². The number of ether oxygens (including phenoxy) is 2. The van der Waals surface area contributed by atoms with Gasteiger partial charge in [-0.25, -0.2) is 4.79 Å². The van der Waals surface area contributed by atoms with E-state index in [1.165, 1.54) is 11.3 Å². The van der Waals surface area contributed by atoms with Crippen molar-refractivity contribution in [3.05, 3.63) is 48.5 Å². The van der Waals surface area contributed by atoms with E-state index in [4.69, 9.17) is 9.47 Å². The fourth-order valence-electron chi connectivity index (χ4n) is 3.59. The summed E-state index contributed by atoms with van der Waals surface area (Å²) in [6.07, 6.45) is 1.34. The minimum Gasteiger partial charge on any atom is -0.497 e. The molecule has 33 heavy (non-hydrogen) atoms. The molecule has 3 aromatic rings. The van der Waals surface area contributed by atoms with E-state index in [9.17, 15) is 9.59 Å². The van der Waals surface area contributed by atoms with E-state index in [-0.39, 0.29) is 11.9 Å². The van der Waals surface area contributed by atoms with Crippen LogP contribution in [0, 0.1) is 0 Å². The first kappa shape index (κ1) is 22.5. The summed E-state index contributed by atoms with van der Waals surface area (Å²) in [4.78, 5) is 27.3. The molecule has 9 nitrogen and oxygen atoms in total. The lowest BCUT2D eigenvalue weighted by molar-refractivity contribution is -0.119. The van der Waals surface area contributed by atoms with Gasteiger partial charge in [-0.1, -0.05) is 11.3 Å². The SMILES string of the molecule is CCOc1ccc(NC(=O)N2CCCC2C(=O)Nc2nnc(-c3ccc(OC)cc3)s2)cc1. The molecule has 1 atom stereocenters. The lowest BCUT2D eigenvalue weighted by atomic mass is 10.2. The number of aromatic nitrogens is 2. The molecule has 0 saturated carbocycles. The van der Waals surface area contributed by atoms with Crippen molar-refractivity contribution in [3.63, 3.8) is 0 Å². The minimum absolute atomic E-state index is 0.272. The Morgan fingerprint density at radius 3 is 2.48 bits per heavy atom.